The number of nitrogens with one attached hydrogen (secondary N) is 1. The van der Waals surface area contributed by atoms with Crippen molar-refractivity contribution in [2.24, 2.45) is 5.92 Å². The molecule has 0 spiro atoms. The molecule has 1 heterocycles. The number of hydrogen-bond acceptors (Lipinski definition) is 3. The number of methoxy groups -OCH3 is 1. The highest BCUT2D eigenvalue weighted by Crippen LogP contribution is 2.33. The lowest BCUT2D eigenvalue weighted by molar-refractivity contribution is 0.148. The van der Waals surface area contributed by atoms with Gasteiger partial charge in [0.05, 0.1) is 18.3 Å². The number of carbonyl (C=O) groups excluding carboxylic acids is 1. The number of pyridine rings is 1. The monoisotopic (exact) mass is 305 g/mol. The van der Waals surface area contributed by atoms with Crippen LogP contribution in [0.15, 0.2) is 18.3 Å². The van der Waals surface area contributed by atoms with E-state index in [2.05, 4.69) is 30.2 Å². The van der Waals surface area contributed by atoms with Crippen molar-refractivity contribution >= 4 is 6.03 Å². The molecule has 0 aliphatic heterocycles. The van der Waals surface area contributed by atoms with Gasteiger partial charge in [0.25, 0.3) is 0 Å². The van der Waals surface area contributed by atoms with Gasteiger partial charge >= 0.3 is 6.03 Å². The van der Waals surface area contributed by atoms with E-state index < -0.39 is 0 Å². The van der Waals surface area contributed by atoms with Crippen LogP contribution in [0.25, 0.3) is 0 Å². The highest BCUT2D eigenvalue weighted by atomic mass is 16.5. The molecule has 1 atom stereocenters. The van der Waals surface area contributed by atoms with E-state index >= 15 is 0 Å². The van der Waals surface area contributed by atoms with Crippen LogP contribution in [0.3, 0.4) is 0 Å². The smallest absolute Gasteiger partial charge is 0.318 e. The summed E-state index contributed by atoms with van der Waals surface area (Å²) in [7, 11) is 1.64. The Morgan fingerprint density at radius 2 is 2.36 bits per heavy atom. The van der Waals surface area contributed by atoms with Gasteiger partial charge in [-0.25, -0.2) is 4.79 Å². The van der Waals surface area contributed by atoms with Gasteiger partial charge in [0.15, 0.2) is 0 Å². The van der Waals surface area contributed by atoms with Crippen molar-refractivity contribution in [2.75, 3.05) is 26.8 Å². The minimum Gasteiger partial charge on any atom is -0.383 e. The number of carbonyl (C=O) groups is 1. The highest BCUT2D eigenvalue weighted by molar-refractivity contribution is 5.74. The standard InChI is InChI=1S/C17H27N3O2/c1-13(2)12-20(17(21)19-10-11-22-3)15-8-4-6-14-7-5-9-18-16(14)15/h5,7,9,13,15H,4,6,8,10-12H2,1-3H3,(H,19,21). The molecular formula is C17H27N3O2. The molecule has 0 saturated heterocycles. The summed E-state index contributed by atoms with van der Waals surface area (Å²) in [6.07, 6.45) is 4.96. The largest absolute Gasteiger partial charge is 0.383 e. The number of fused-ring (bicyclic) bond motifs is 1. The second kappa shape index (κ2) is 8.13. The van der Waals surface area contributed by atoms with Crippen LogP contribution >= 0.6 is 0 Å². The Hall–Kier alpha value is -1.62. The van der Waals surface area contributed by atoms with E-state index in [4.69, 9.17) is 4.74 Å². The molecule has 0 bridgehead atoms. The summed E-state index contributed by atoms with van der Waals surface area (Å²) in [6, 6.07) is 4.17. The van der Waals surface area contributed by atoms with Crippen LogP contribution in [0.4, 0.5) is 4.79 Å². The van der Waals surface area contributed by atoms with Gasteiger partial charge in [-0.3, -0.25) is 4.98 Å². The Morgan fingerprint density at radius 1 is 1.55 bits per heavy atom. The lowest BCUT2D eigenvalue weighted by Crippen LogP contribution is -2.46. The molecule has 22 heavy (non-hydrogen) atoms. The average molecular weight is 305 g/mol. The summed E-state index contributed by atoms with van der Waals surface area (Å²) < 4.78 is 5.01. The first-order chi connectivity index (χ1) is 10.6. The van der Waals surface area contributed by atoms with E-state index in [0.29, 0.717) is 19.1 Å². The summed E-state index contributed by atoms with van der Waals surface area (Å²) in [5.41, 5.74) is 2.34. The maximum atomic E-state index is 12.6. The Morgan fingerprint density at radius 3 is 3.09 bits per heavy atom. The van der Waals surface area contributed by atoms with E-state index in [0.717, 1.165) is 31.5 Å². The summed E-state index contributed by atoms with van der Waals surface area (Å²) in [5.74, 6) is 0.419. The van der Waals surface area contributed by atoms with Crippen LogP contribution in [0.1, 0.15) is 44.0 Å². The van der Waals surface area contributed by atoms with Gasteiger partial charge in [-0.1, -0.05) is 19.9 Å². The number of urea groups is 1. The van der Waals surface area contributed by atoms with Gasteiger partial charge in [-0.05, 0) is 36.8 Å². The normalized spacial score (nSPS) is 17.2. The van der Waals surface area contributed by atoms with Gasteiger partial charge < -0.3 is 15.0 Å². The van der Waals surface area contributed by atoms with Crippen LogP contribution in [0.2, 0.25) is 0 Å². The van der Waals surface area contributed by atoms with Gasteiger partial charge in [0, 0.05) is 26.4 Å². The zero-order chi connectivity index (χ0) is 15.9. The summed E-state index contributed by atoms with van der Waals surface area (Å²) in [5, 5.41) is 2.95. The molecule has 5 heteroatoms. The maximum absolute atomic E-state index is 12.6. The van der Waals surface area contributed by atoms with Crippen molar-refractivity contribution in [1.29, 1.82) is 0 Å². The molecule has 0 saturated carbocycles. The number of amides is 2. The van der Waals surface area contributed by atoms with Crippen LogP contribution in [0.5, 0.6) is 0 Å². The maximum Gasteiger partial charge on any atom is 0.318 e. The van der Waals surface area contributed by atoms with Crippen LogP contribution in [-0.4, -0.2) is 42.7 Å². The third kappa shape index (κ3) is 4.19. The fourth-order valence-electron chi connectivity index (χ4n) is 2.99. The predicted octanol–water partition coefficient (Wildman–Crippen LogP) is 2.77. The molecule has 1 N–H and O–H groups in total. The molecule has 122 valence electrons. The van der Waals surface area contributed by atoms with E-state index in [1.165, 1.54) is 5.56 Å². The zero-order valence-electron chi connectivity index (χ0n) is 13.8. The highest BCUT2D eigenvalue weighted by Gasteiger charge is 2.30. The molecule has 0 aromatic carbocycles. The molecule has 1 aromatic rings. The molecule has 1 aliphatic rings. The third-order valence-electron chi connectivity index (χ3n) is 3.95. The number of aryl methyl sites for hydroxylation is 1. The topological polar surface area (TPSA) is 54.5 Å². The van der Waals surface area contributed by atoms with Crippen molar-refractivity contribution in [3.63, 3.8) is 0 Å². The molecule has 1 aliphatic carbocycles. The second-order valence-corrected chi connectivity index (χ2v) is 6.23. The molecule has 1 aromatic heterocycles. The van der Waals surface area contributed by atoms with Gasteiger partial charge in [-0.15, -0.1) is 0 Å². The fraction of sp³-hybridized carbons (Fsp3) is 0.647. The number of aromatic nitrogens is 1. The van der Waals surface area contributed by atoms with Crippen molar-refractivity contribution in [3.8, 4) is 0 Å². The van der Waals surface area contributed by atoms with Gasteiger partial charge in [-0.2, -0.15) is 0 Å². The first-order valence-corrected chi connectivity index (χ1v) is 8.10. The van der Waals surface area contributed by atoms with Gasteiger partial charge in [0.2, 0.25) is 0 Å². The Labute approximate surface area is 133 Å². The average Bonchev–Trinajstić information content (AvgIpc) is 2.52. The van der Waals surface area contributed by atoms with E-state index in [1.54, 1.807) is 7.11 Å². The predicted molar refractivity (Wildman–Crippen MR) is 86.7 cm³/mol. The Bertz CT molecular complexity index is 491. The molecule has 0 radical (unpaired) electrons. The van der Waals surface area contributed by atoms with E-state index in [-0.39, 0.29) is 12.1 Å². The molecular weight excluding hydrogens is 278 g/mol. The van der Waals surface area contributed by atoms with Crippen molar-refractivity contribution in [2.45, 2.75) is 39.2 Å². The number of ether oxygens (including phenoxy) is 1. The third-order valence-corrected chi connectivity index (χ3v) is 3.95. The summed E-state index contributed by atoms with van der Waals surface area (Å²) >= 11 is 0. The first-order valence-electron chi connectivity index (χ1n) is 8.10. The van der Waals surface area contributed by atoms with Crippen LogP contribution in [-0.2, 0) is 11.2 Å². The molecule has 2 amide bonds. The van der Waals surface area contributed by atoms with Crippen molar-refractivity contribution in [3.05, 3.63) is 29.6 Å². The first kappa shape index (κ1) is 16.7. The van der Waals surface area contributed by atoms with E-state index in [9.17, 15) is 4.79 Å². The molecule has 2 rings (SSSR count). The number of rotatable bonds is 6. The van der Waals surface area contributed by atoms with Gasteiger partial charge in [0.1, 0.15) is 0 Å². The van der Waals surface area contributed by atoms with Crippen molar-refractivity contribution < 1.29 is 9.53 Å². The molecule has 1 unspecified atom stereocenters. The lowest BCUT2D eigenvalue weighted by atomic mass is 9.90. The minimum absolute atomic E-state index is 0.0192. The summed E-state index contributed by atoms with van der Waals surface area (Å²) in [4.78, 5) is 19.1. The lowest BCUT2D eigenvalue weighted by Gasteiger charge is -2.36. The van der Waals surface area contributed by atoms with E-state index in [1.807, 2.05) is 17.2 Å². The molecule has 5 nitrogen and oxygen atoms in total. The molecule has 0 fully saturated rings. The quantitative estimate of drug-likeness (QED) is 0.822. The summed E-state index contributed by atoms with van der Waals surface area (Å²) in [6.45, 7) is 6.07. The Balaban J connectivity index is 2.17. The number of hydrogen-bond donors (Lipinski definition) is 1. The fourth-order valence-corrected chi connectivity index (χ4v) is 2.99. The van der Waals surface area contributed by atoms with Crippen LogP contribution < -0.4 is 5.32 Å². The second-order valence-electron chi connectivity index (χ2n) is 6.23. The Kier molecular flexibility index (Phi) is 6.19. The zero-order valence-corrected chi connectivity index (χ0v) is 13.8. The van der Waals surface area contributed by atoms with Crippen LogP contribution in [0, 0.1) is 5.92 Å². The van der Waals surface area contributed by atoms with Crippen molar-refractivity contribution in [1.82, 2.24) is 15.2 Å². The SMILES string of the molecule is COCCNC(=O)N(CC(C)C)C1CCCc2cccnc21. The minimum atomic E-state index is -0.0192. The number of nitrogens with zero attached hydrogens (tertiary/aromatic N) is 2.